The van der Waals surface area contributed by atoms with E-state index in [1.165, 1.54) is 0 Å². The molecule has 0 aliphatic carbocycles. The van der Waals surface area contributed by atoms with E-state index in [0.29, 0.717) is 36.2 Å². The highest BCUT2D eigenvalue weighted by Crippen LogP contribution is 2.29. The molecule has 2 rings (SSSR count). The van der Waals surface area contributed by atoms with Gasteiger partial charge in [-0.2, -0.15) is 0 Å². The zero-order chi connectivity index (χ0) is 13.7. The molecule has 1 saturated heterocycles. The molecule has 104 valence electrons. The molecule has 1 heterocycles. The highest BCUT2D eigenvalue weighted by atomic mass is 16.5. The van der Waals surface area contributed by atoms with E-state index in [1.54, 1.807) is 18.2 Å². The van der Waals surface area contributed by atoms with Gasteiger partial charge in [0.1, 0.15) is 5.84 Å². The fourth-order valence-corrected chi connectivity index (χ4v) is 1.99. The van der Waals surface area contributed by atoms with E-state index >= 15 is 0 Å². The van der Waals surface area contributed by atoms with Crippen LogP contribution >= 0.6 is 0 Å². The van der Waals surface area contributed by atoms with Gasteiger partial charge in [0.15, 0.2) is 11.5 Å². The summed E-state index contributed by atoms with van der Waals surface area (Å²) in [6, 6.07) is 5.31. The average molecular weight is 264 g/mol. The standard InChI is InChI=1S/C14H20N2O3/c1-2-18-13-7-11(14(15)16)3-4-12(13)19-9-10-5-6-17-8-10/h3-4,7,10H,2,5-6,8-9H2,1H3,(H3,15,16). The predicted molar refractivity (Wildman–Crippen MR) is 73.0 cm³/mol. The number of hydrogen-bond acceptors (Lipinski definition) is 4. The maximum absolute atomic E-state index is 7.44. The minimum atomic E-state index is 0.0247. The average Bonchev–Trinajstić information content (AvgIpc) is 2.90. The van der Waals surface area contributed by atoms with Crippen LogP contribution in [-0.4, -0.2) is 32.3 Å². The van der Waals surface area contributed by atoms with Crippen LogP contribution in [0.2, 0.25) is 0 Å². The van der Waals surface area contributed by atoms with E-state index in [-0.39, 0.29) is 5.84 Å². The molecule has 0 radical (unpaired) electrons. The van der Waals surface area contributed by atoms with Gasteiger partial charge < -0.3 is 19.9 Å². The second kappa shape index (κ2) is 6.43. The third-order valence-electron chi connectivity index (χ3n) is 3.05. The first kappa shape index (κ1) is 13.7. The van der Waals surface area contributed by atoms with Gasteiger partial charge >= 0.3 is 0 Å². The molecule has 5 heteroatoms. The molecule has 0 spiro atoms. The molecule has 1 atom stereocenters. The third kappa shape index (κ3) is 3.61. The number of nitrogens with two attached hydrogens (primary N) is 1. The summed E-state index contributed by atoms with van der Waals surface area (Å²) in [7, 11) is 0. The molecule has 5 nitrogen and oxygen atoms in total. The van der Waals surface area contributed by atoms with Crippen LogP contribution in [0.25, 0.3) is 0 Å². The molecule has 0 bridgehead atoms. The van der Waals surface area contributed by atoms with Crippen molar-refractivity contribution in [3.63, 3.8) is 0 Å². The molecule has 0 amide bonds. The first-order valence-electron chi connectivity index (χ1n) is 6.52. The second-order valence-electron chi connectivity index (χ2n) is 4.55. The van der Waals surface area contributed by atoms with Crippen LogP contribution in [-0.2, 0) is 4.74 Å². The summed E-state index contributed by atoms with van der Waals surface area (Å²) >= 11 is 0. The topological polar surface area (TPSA) is 77.6 Å². The number of ether oxygens (including phenoxy) is 3. The first-order valence-corrected chi connectivity index (χ1v) is 6.52. The molecule has 1 fully saturated rings. The van der Waals surface area contributed by atoms with Crippen molar-refractivity contribution < 1.29 is 14.2 Å². The van der Waals surface area contributed by atoms with Crippen molar-refractivity contribution in [3.05, 3.63) is 23.8 Å². The molecule has 1 aromatic carbocycles. The number of amidine groups is 1. The number of hydrogen-bond donors (Lipinski definition) is 2. The number of nitrogens with one attached hydrogen (secondary N) is 1. The number of rotatable bonds is 6. The van der Waals surface area contributed by atoms with Crippen LogP contribution in [0.1, 0.15) is 18.9 Å². The lowest BCUT2D eigenvalue weighted by Gasteiger charge is -2.15. The Bertz CT molecular complexity index is 442. The van der Waals surface area contributed by atoms with Crippen LogP contribution in [0.15, 0.2) is 18.2 Å². The van der Waals surface area contributed by atoms with Crippen LogP contribution in [0, 0.1) is 11.3 Å². The van der Waals surface area contributed by atoms with Crippen LogP contribution in [0.3, 0.4) is 0 Å². The number of benzene rings is 1. The molecular formula is C14H20N2O3. The lowest BCUT2D eigenvalue weighted by molar-refractivity contribution is 0.165. The van der Waals surface area contributed by atoms with Crippen molar-refractivity contribution >= 4 is 5.84 Å². The van der Waals surface area contributed by atoms with Crippen molar-refractivity contribution in [1.29, 1.82) is 5.41 Å². The Labute approximate surface area is 113 Å². The van der Waals surface area contributed by atoms with Gasteiger partial charge in [-0.15, -0.1) is 0 Å². The molecule has 0 aromatic heterocycles. The van der Waals surface area contributed by atoms with Gasteiger partial charge in [0.25, 0.3) is 0 Å². The Balaban J connectivity index is 2.06. The minimum absolute atomic E-state index is 0.0247. The van der Waals surface area contributed by atoms with Crippen molar-refractivity contribution in [2.24, 2.45) is 11.7 Å². The zero-order valence-electron chi connectivity index (χ0n) is 11.1. The van der Waals surface area contributed by atoms with Gasteiger partial charge in [-0.25, -0.2) is 0 Å². The molecule has 3 N–H and O–H groups in total. The largest absolute Gasteiger partial charge is 0.490 e. The van der Waals surface area contributed by atoms with E-state index in [2.05, 4.69) is 0 Å². The van der Waals surface area contributed by atoms with Crippen LogP contribution < -0.4 is 15.2 Å². The van der Waals surface area contributed by atoms with E-state index in [4.69, 9.17) is 25.4 Å². The molecule has 1 aliphatic rings. The molecule has 1 aromatic rings. The maximum atomic E-state index is 7.44. The summed E-state index contributed by atoms with van der Waals surface area (Å²) in [6.45, 7) is 4.66. The lowest BCUT2D eigenvalue weighted by atomic mass is 10.1. The van der Waals surface area contributed by atoms with Crippen molar-refractivity contribution in [1.82, 2.24) is 0 Å². The predicted octanol–water partition coefficient (Wildman–Crippen LogP) is 1.78. The summed E-state index contributed by atoms with van der Waals surface area (Å²) in [5.74, 6) is 1.80. The van der Waals surface area contributed by atoms with Gasteiger partial charge in [0.2, 0.25) is 0 Å². The number of nitrogen functional groups attached to an aromatic ring is 1. The van der Waals surface area contributed by atoms with Gasteiger partial charge in [0, 0.05) is 18.1 Å². The summed E-state index contributed by atoms with van der Waals surface area (Å²) in [4.78, 5) is 0. The van der Waals surface area contributed by atoms with Crippen LogP contribution in [0.5, 0.6) is 11.5 Å². The van der Waals surface area contributed by atoms with Gasteiger partial charge in [-0.05, 0) is 31.5 Å². The Kier molecular flexibility index (Phi) is 4.63. The highest BCUT2D eigenvalue weighted by Gasteiger charge is 2.17. The summed E-state index contributed by atoms with van der Waals surface area (Å²) < 4.78 is 16.6. The Morgan fingerprint density at radius 1 is 1.42 bits per heavy atom. The van der Waals surface area contributed by atoms with Crippen molar-refractivity contribution in [2.75, 3.05) is 26.4 Å². The molecule has 1 unspecified atom stereocenters. The monoisotopic (exact) mass is 264 g/mol. The third-order valence-corrected chi connectivity index (χ3v) is 3.05. The summed E-state index contributed by atoms with van der Waals surface area (Å²) in [6.07, 6.45) is 1.04. The SMILES string of the molecule is CCOc1cc(C(=N)N)ccc1OCC1CCOC1. The van der Waals surface area contributed by atoms with Gasteiger partial charge in [-0.3, -0.25) is 5.41 Å². The molecule has 0 saturated carbocycles. The molecular weight excluding hydrogens is 244 g/mol. The molecule has 1 aliphatic heterocycles. The Morgan fingerprint density at radius 3 is 2.89 bits per heavy atom. The minimum Gasteiger partial charge on any atom is -0.490 e. The van der Waals surface area contributed by atoms with Crippen LogP contribution in [0.4, 0.5) is 0 Å². The van der Waals surface area contributed by atoms with Crippen molar-refractivity contribution in [2.45, 2.75) is 13.3 Å². The van der Waals surface area contributed by atoms with Crippen molar-refractivity contribution in [3.8, 4) is 11.5 Å². The smallest absolute Gasteiger partial charge is 0.161 e. The quantitative estimate of drug-likeness (QED) is 0.606. The Hall–Kier alpha value is -1.75. The first-order chi connectivity index (χ1) is 9.20. The fourth-order valence-electron chi connectivity index (χ4n) is 1.99. The summed E-state index contributed by atoms with van der Waals surface area (Å²) in [5.41, 5.74) is 6.11. The Morgan fingerprint density at radius 2 is 2.26 bits per heavy atom. The second-order valence-corrected chi connectivity index (χ2v) is 4.55. The van der Waals surface area contributed by atoms with E-state index in [1.807, 2.05) is 6.92 Å². The highest BCUT2D eigenvalue weighted by molar-refractivity contribution is 5.95. The molecule has 19 heavy (non-hydrogen) atoms. The normalized spacial score (nSPS) is 18.3. The van der Waals surface area contributed by atoms with Gasteiger partial charge in [0.05, 0.1) is 19.8 Å². The van der Waals surface area contributed by atoms with Gasteiger partial charge in [-0.1, -0.05) is 0 Å². The maximum Gasteiger partial charge on any atom is 0.161 e. The summed E-state index contributed by atoms with van der Waals surface area (Å²) in [5, 5.41) is 7.44. The van der Waals surface area contributed by atoms with E-state index < -0.39 is 0 Å². The van der Waals surface area contributed by atoms with E-state index in [9.17, 15) is 0 Å². The lowest BCUT2D eigenvalue weighted by Crippen LogP contribution is -2.14. The fraction of sp³-hybridized carbons (Fsp3) is 0.500. The van der Waals surface area contributed by atoms with E-state index in [0.717, 1.165) is 19.6 Å². The zero-order valence-corrected chi connectivity index (χ0v) is 11.1.